The Morgan fingerprint density at radius 2 is 2.09 bits per heavy atom. The molecule has 0 aliphatic carbocycles. The molecule has 1 atom stereocenters. The van der Waals surface area contributed by atoms with Crippen molar-refractivity contribution >= 4 is 12.4 Å². The van der Waals surface area contributed by atoms with Crippen LogP contribution in [0.25, 0.3) is 0 Å². The largest absolute Gasteiger partial charge is 0.378 e. The second-order valence-electron chi connectivity index (χ2n) is 3.50. The van der Waals surface area contributed by atoms with E-state index in [4.69, 9.17) is 4.74 Å². The molecule has 0 aromatic heterocycles. The molecule has 3 heteroatoms. The zero-order valence-corrected chi connectivity index (χ0v) is 8.33. The predicted molar refractivity (Wildman–Crippen MR) is 49.3 cm³/mol. The maximum Gasteiger partial charge on any atom is 0.0663 e. The van der Waals surface area contributed by atoms with Gasteiger partial charge in [-0.05, 0) is 26.8 Å². The van der Waals surface area contributed by atoms with Crippen LogP contribution in [0.15, 0.2) is 0 Å². The van der Waals surface area contributed by atoms with Gasteiger partial charge in [0.25, 0.3) is 0 Å². The minimum Gasteiger partial charge on any atom is -0.378 e. The fourth-order valence-corrected chi connectivity index (χ4v) is 1.41. The van der Waals surface area contributed by atoms with E-state index in [-0.39, 0.29) is 18.0 Å². The molecule has 1 N–H and O–H groups in total. The average Bonchev–Trinajstić information content (AvgIpc) is 2.38. The molecule has 0 aromatic carbocycles. The zero-order valence-electron chi connectivity index (χ0n) is 7.52. The van der Waals surface area contributed by atoms with Gasteiger partial charge < -0.3 is 10.1 Å². The zero-order chi connectivity index (χ0) is 7.61. The average molecular weight is 180 g/mol. The first-order valence-corrected chi connectivity index (χ1v) is 3.92. The summed E-state index contributed by atoms with van der Waals surface area (Å²) in [5.41, 5.74) is 0.0590. The second-order valence-corrected chi connectivity index (χ2v) is 3.50. The highest BCUT2D eigenvalue weighted by Crippen LogP contribution is 2.25. The van der Waals surface area contributed by atoms with E-state index >= 15 is 0 Å². The standard InChI is InChI=1S/C8H17NO.ClH/c1-8(2,10-3)7-4-5-9-6-7;/h7,9H,4-6H2,1-3H3;1H/t7-;/m0./s1. The normalized spacial score (nSPS) is 24.8. The Morgan fingerprint density at radius 3 is 2.45 bits per heavy atom. The van der Waals surface area contributed by atoms with E-state index in [1.165, 1.54) is 6.42 Å². The fourth-order valence-electron chi connectivity index (χ4n) is 1.41. The van der Waals surface area contributed by atoms with E-state index in [0.29, 0.717) is 5.92 Å². The van der Waals surface area contributed by atoms with Gasteiger partial charge in [0.05, 0.1) is 5.60 Å². The van der Waals surface area contributed by atoms with Crippen molar-refractivity contribution in [1.82, 2.24) is 5.32 Å². The van der Waals surface area contributed by atoms with Crippen LogP contribution in [-0.2, 0) is 4.74 Å². The maximum absolute atomic E-state index is 5.38. The molecule has 0 radical (unpaired) electrons. The fraction of sp³-hybridized carbons (Fsp3) is 1.00. The van der Waals surface area contributed by atoms with Crippen LogP contribution in [0.1, 0.15) is 20.3 Å². The Labute approximate surface area is 75.1 Å². The SMILES string of the molecule is COC(C)(C)[C@H]1CCNC1.Cl. The summed E-state index contributed by atoms with van der Waals surface area (Å²) in [6.07, 6.45) is 1.25. The summed E-state index contributed by atoms with van der Waals surface area (Å²) in [6, 6.07) is 0. The van der Waals surface area contributed by atoms with Gasteiger partial charge >= 0.3 is 0 Å². The lowest BCUT2D eigenvalue weighted by Crippen LogP contribution is -2.34. The van der Waals surface area contributed by atoms with Gasteiger partial charge in [0.2, 0.25) is 0 Å². The molecule has 0 bridgehead atoms. The molecule has 0 aromatic rings. The highest BCUT2D eigenvalue weighted by atomic mass is 35.5. The molecule has 1 aliphatic rings. The molecule has 1 aliphatic heterocycles. The molecule has 0 unspecified atom stereocenters. The quantitative estimate of drug-likeness (QED) is 0.693. The Bertz CT molecular complexity index is 111. The van der Waals surface area contributed by atoms with Crippen molar-refractivity contribution in [2.45, 2.75) is 25.9 Å². The van der Waals surface area contributed by atoms with Crippen molar-refractivity contribution < 1.29 is 4.74 Å². The van der Waals surface area contributed by atoms with Gasteiger partial charge in [0.1, 0.15) is 0 Å². The van der Waals surface area contributed by atoms with Gasteiger partial charge in [-0.1, -0.05) is 0 Å². The van der Waals surface area contributed by atoms with E-state index in [1.807, 2.05) is 0 Å². The highest BCUT2D eigenvalue weighted by Gasteiger charge is 2.31. The summed E-state index contributed by atoms with van der Waals surface area (Å²) < 4.78 is 5.38. The Morgan fingerprint density at radius 1 is 1.45 bits per heavy atom. The van der Waals surface area contributed by atoms with Crippen LogP contribution in [0.5, 0.6) is 0 Å². The molecule has 0 spiro atoms. The Hall–Kier alpha value is 0.210. The molecular weight excluding hydrogens is 162 g/mol. The van der Waals surface area contributed by atoms with Gasteiger partial charge in [0.15, 0.2) is 0 Å². The molecular formula is C8H18ClNO. The Kier molecular flexibility index (Phi) is 4.37. The number of hydrogen-bond donors (Lipinski definition) is 1. The summed E-state index contributed by atoms with van der Waals surface area (Å²) in [4.78, 5) is 0. The number of hydrogen-bond acceptors (Lipinski definition) is 2. The molecule has 0 saturated carbocycles. The van der Waals surface area contributed by atoms with E-state index in [1.54, 1.807) is 7.11 Å². The van der Waals surface area contributed by atoms with Gasteiger partial charge in [-0.25, -0.2) is 0 Å². The van der Waals surface area contributed by atoms with E-state index in [2.05, 4.69) is 19.2 Å². The minimum atomic E-state index is 0. The molecule has 68 valence electrons. The van der Waals surface area contributed by atoms with E-state index in [9.17, 15) is 0 Å². The Balaban J connectivity index is 0.000001000. The van der Waals surface area contributed by atoms with Crippen LogP contribution in [0.2, 0.25) is 0 Å². The first kappa shape index (κ1) is 11.2. The lowest BCUT2D eigenvalue weighted by Gasteiger charge is -2.29. The molecule has 0 amide bonds. The third kappa shape index (κ3) is 2.62. The topological polar surface area (TPSA) is 21.3 Å². The molecule has 11 heavy (non-hydrogen) atoms. The van der Waals surface area contributed by atoms with Crippen molar-refractivity contribution in [3.8, 4) is 0 Å². The summed E-state index contributed by atoms with van der Waals surface area (Å²) >= 11 is 0. The second kappa shape index (κ2) is 4.29. The van der Waals surface area contributed by atoms with E-state index in [0.717, 1.165) is 13.1 Å². The molecule has 1 fully saturated rings. The van der Waals surface area contributed by atoms with Crippen LogP contribution in [0.3, 0.4) is 0 Å². The minimum absolute atomic E-state index is 0. The molecule has 2 nitrogen and oxygen atoms in total. The van der Waals surface area contributed by atoms with Gasteiger partial charge in [-0.3, -0.25) is 0 Å². The van der Waals surface area contributed by atoms with Crippen LogP contribution >= 0.6 is 12.4 Å². The van der Waals surface area contributed by atoms with Crippen LogP contribution in [-0.4, -0.2) is 25.8 Å². The number of rotatable bonds is 2. The first-order chi connectivity index (χ1) is 4.67. The van der Waals surface area contributed by atoms with Crippen LogP contribution in [0, 0.1) is 5.92 Å². The van der Waals surface area contributed by atoms with Crippen molar-refractivity contribution in [3.63, 3.8) is 0 Å². The summed E-state index contributed by atoms with van der Waals surface area (Å²) in [5, 5.41) is 3.33. The molecule has 1 rings (SSSR count). The summed E-state index contributed by atoms with van der Waals surface area (Å²) in [7, 11) is 1.79. The van der Waals surface area contributed by atoms with Crippen molar-refractivity contribution in [1.29, 1.82) is 0 Å². The summed E-state index contributed by atoms with van der Waals surface area (Å²) in [6.45, 7) is 6.58. The first-order valence-electron chi connectivity index (χ1n) is 3.92. The molecule has 1 saturated heterocycles. The van der Waals surface area contributed by atoms with Gasteiger partial charge in [0, 0.05) is 19.6 Å². The number of ether oxygens (including phenoxy) is 1. The molecule has 1 heterocycles. The number of halogens is 1. The van der Waals surface area contributed by atoms with Crippen molar-refractivity contribution in [2.24, 2.45) is 5.92 Å². The smallest absolute Gasteiger partial charge is 0.0663 e. The number of nitrogens with one attached hydrogen (secondary N) is 1. The van der Waals surface area contributed by atoms with Crippen molar-refractivity contribution in [3.05, 3.63) is 0 Å². The number of methoxy groups -OCH3 is 1. The third-order valence-corrected chi connectivity index (χ3v) is 2.57. The van der Waals surface area contributed by atoms with Crippen LogP contribution < -0.4 is 5.32 Å². The third-order valence-electron chi connectivity index (χ3n) is 2.57. The maximum atomic E-state index is 5.38. The summed E-state index contributed by atoms with van der Waals surface area (Å²) in [5.74, 6) is 0.692. The van der Waals surface area contributed by atoms with Crippen molar-refractivity contribution in [2.75, 3.05) is 20.2 Å². The lowest BCUT2D eigenvalue weighted by molar-refractivity contribution is -0.0211. The highest BCUT2D eigenvalue weighted by molar-refractivity contribution is 5.85. The monoisotopic (exact) mass is 179 g/mol. The predicted octanol–water partition coefficient (Wildman–Crippen LogP) is 1.44. The van der Waals surface area contributed by atoms with Gasteiger partial charge in [-0.2, -0.15) is 0 Å². The lowest BCUT2D eigenvalue weighted by atomic mass is 9.90. The van der Waals surface area contributed by atoms with Gasteiger partial charge in [-0.15, -0.1) is 12.4 Å². The van der Waals surface area contributed by atoms with Crippen LogP contribution in [0.4, 0.5) is 0 Å². The van der Waals surface area contributed by atoms with E-state index < -0.39 is 0 Å².